The van der Waals surface area contributed by atoms with Gasteiger partial charge in [-0.2, -0.15) is 0 Å². The zero-order chi connectivity index (χ0) is 22.5. The van der Waals surface area contributed by atoms with Gasteiger partial charge in [0.2, 0.25) is 0 Å². The number of carboxylic acid groups (broad SMARTS) is 1. The predicted octanol–water partition coefficient (Wildman–Crippen LogP) is 4.17. The molecule has 0 saturated heterocycles. The summed E-state index contributed by atoms with van der Waals surface area (Å²) < 4.78 is 6.79. The van der Waals surface area contributed by atoms with Gasteiger partial charge in [-0.05, 0) is 41.0 Å². The quantitative estimate of drug-likeness (QED) is 0.434. The van der Waals surface area contributed by atoms with Gasteiger partial charge in [0.15, 0.2) is 6.10 Å². The van der Waals surface area contributed by atoms with E-state index < -0.39 is 12.1 Å². The molecular weight excluding hydrogens is 430 g/mol. The lowest BCUT2D eigenvalue weighted by Crippen LogP contribution is -2.30. The predicted molar refractivity (Wildman–Crippen MR) is 122 cm³/mol. The van der Waals surface area contributed by atoms with Gasteiger partial charge in [0, 0.05) is 18.0 Å². The maximum absolute atomic E-state index is 12.5. The van der Waals surface area contributed by atoms with Crippen molar-refractivity contribution in [3.63, 3.8) is 0 Å². The van der Waals surface area contributed by atoms with Gasteiger partial charge < -0.3 is 9.84 Å². The normalized spacial score (nSPS) is 12.0. The molecule has 0 fully saturated rings. The van der Waals surface area contributed by atoms with Crippen LogP contribution in [0.15, 0.2) is 77.6 Å². The number of carboxylic acids is 1. The van der Waals surface area contributed by atoms with Crippen LogP contribution in [0.25, 0.3) is 22.0 Å². The molecular formula is C24H20ClN3O4. The van der Waals surface area contributed by atoms with Crippen LogP contribution in [0.3, 0.4) is 0 Å². The molecule has 162 valence electrons. The third kappa shape index (κ3) is 5.01. The second-order valence-electron chi connectivity index (χ2n) is 7.27. The molecule has 4 aromatic rings. The molecule has 1 aromatic heterocycles. The van der Waals surface area contributed by atoms with Crippen molar-refractivity contribution in [3.8, 4) is 11.1 Å². The zero-order valence-electron chi connectivity index (χ0n) is 17.0. The van der Waals surface area contributed by atoms with Crippen LogP contribution in [0.2, 0.25) is 5.02 Å². The number of aryl methyl sites for hydroxylation is 1. The molecule has 0 bridgehead atoms. The van der Waals surface area contributed by atoms with Crippen LogP contribution in [-0.2, 0) is 22.7 Å². The van der Waals surface area contributed by atoms with Crippen LogP contribution >= 0.6 is 11.6 Å². The fraction of sp³-hybridized carbons (Fsp3) is 0.167. The van der Waals surface area contributed by atoms with E-state index in [9.17, 15) is 14.7 Å². The molecule has 1 heterocycles. The lowest BCUT2D eigenvalue weighted by molar-refractivity contribution is -0.151. The van der Waals surface area contributed by atoms with E-state index in [1.54, 1.807) is 24.3 Å². The van der Waals surface area contributed by atoms with Gasteiger partial charge in [-0.3, -0.25) is 4.79 Å². The number of carbonyl (C=O) groups is 1. The topological polar surface area (TPSA) is 94.3 Å². The van der Waals surface area contributed by atoms with Crippen molar-refractivity contribution in [1.82, 2.24) is 15.0 Å². The summed E-state index contributed by atoms with van der Waals surface area (Å²) in [5, 5.41) is 18.6. The molecule has 4 rings (SSSR count). The van der Waals surface area contributed by atoms with E-state index >= 15 is 0 Å². The van der Waals surface area contributed by atoms with Crippen molar-refractivity contribution in [1.29, 1.82) is 0 Å². The van der Waals surface area contributed by atoms with Gasteiger partial charge in [0.05, 0.1) is 12.0 Å². The molecule has 8 heteroatoms. The van der Waals surface area contributed by atoms with Crippen molar-refractivity contribution < 1.29 is 14.6 Å². The fourth-order valence-electron chi connectivity index (χ4n) is 3.32. The molecule has 1 unspecified atom stereocenters. The third-order valence-electron chi connectivity index (χ3n) is 5.09. The van der Waals surface area contributed by atoms with Crippen LogP contribution in [0.1, 0.15) is 12.0 Å². The van der Waals surface area contributed by atoms with Crippen molar-refractivity contribution >= 4 is 28.5 Å². The molecule has 3 aromatic carbocycles. The molecule has 0 spiro atoms. The van der Waals surface area contributed by atoms with E-state index in [1.807, 2.05) is 48.5 Å². The molecule has 1 atom stereocenters. The number of ether oxygens (including phenoxy) is 1. The Bertz CT molecular complexity index is 1290. The number of hydrogen-bond acceptors (Lipinski definition) is 5. The van der Waals surface area contributed by atoms with Gasteiger partial charge in [-0.1, -0.05) is 65.3 Å². The van der Waals surface area contributed by atoms with Gasteiger partial charge in [-0.25, -0.2) is 9.48 Å². The van der Waals surface area contributed by atoms with E-state index in [-0.39, 0.29) is 25.1 Å². The molecule has 7 nitrogen and oxygen atoms in total. The Morgan fingerprint density at radius 1 is 1.00 bits per heavy atom. The molecule has 1 N–H and O–H groups in total. The summed E-state index contributed by atoms with van der Waals surface area (Å²) in [6, 6.07) is 22.1. The molecule has 0 saturated carbocycles. The lowest BCUT2D eigenvalue weighted by Gasteiger charge is -2.14. The Balaban J connectivity index is 1.39. The lowest BCUT2D eigenvalue weighted by atomic mass is 10.0. The Morgan fingerprint density at radius 2 is 1.66 bits per heavy atom. The van der Waals surface area contributed by atoms with Crippen molar-refractivity contribution in [2.24, 2.45) is 0 Å². The van der Waals surface area contributed by atoms with E-state index in [1.165, 1.54) is 4.68 Å². The van der Waals surface area contributed by atoms with Crippen molar-refractivity contribution in [2.75, 3.05) is 0 Å². The SMILES string of the molecule is O=C(O)C(CCn1nnc2ccccc2c1=O)OCc1ccc(-c2ccc(Cl)cc2)cc1. The van der Waals surface area contributed by atoms with Crippen LogP contribution in [0.4, 0.5) is 0 Å². The Kier molecular flexibility index (Phi) is 6.58. The molecule has 0 aliphatic carbocycles. The first kappa shape index (κ1) is 21.7. The van der Waals surface area contributed by atoms with E-state index in [0.29, 0.717) is 15.9 Å². The molecule has 0 amide bonds. The highest BCUT2D eigenvalue weighted by Crippen LogP contribution is 2.22. The first-order chi connectivity index (χ1) is 15.5. The summed E-state index contributed by atoms with van der Waals surface area (Å²) in [6.45, 7) is 0.222. The molecule has 32 heavy (non-hydrogen) atoms. The zero-order valence-corrected chi connectivity index (χ0v) is 17.8. The smallest absolute Gasteiger partial charge is 0.332 e. The number of benzene rings is 3. The minimum absolute atomic E-state index is 0.0864. The first-order valence-corrected chi connectivity index (χ1v) is 10.4. The number of nitrogens with zero attached hydrogens (tertiary/aromatic N) is 3. The summed E-state index contributed by atoms with van der Waals surface area (Å²) in [6.07, 6.45) is -0.989. The van der Waals surface area contributed by atoms with Crippen LogP contribution < -0.4 is 5.56 Å². The maximum atomic E-state index is 12.5. The summed E-state index contributed by atoms with van der Waals surface area (Å²) in [4.78, 5) is 24.2. The highest BCUT2D eigenvalue weighted by molar-refractivity contribution is 6.30. The minimum atomic E-state index is -1.09. The molecule has 0 aliphatic rings. The summed E-state index contributed by atoms with van der Waals surface area (Å²) in [5.74, 6) is -1.09. The fourth-order valence-corrected chi connectivity index (χ4v) is 3.45. The number of aliphatic carboxylic acids is 1. The second kappa shape index (κ2) is 9.72. The largest absolute Gasteiger partial charge is 0.479 e. The van der Waals surface area contributed by atoms with Crippen LogP contribution in [0, 0.1) is 0 Å². The van der Waals surface area contributed by atoms with Crippen LogP contribution in [0.5, 0.6) is 0 Å². The third-order valence-corrected chi connectivity index (χ3v) is 5.34. The van der Waals surface area contributed by atoms with Gasteiger partial charge in [0.25, 0.3) is 5.56 Å². The molecule has 0 radical (unpaired) electrons. The van der Waals surface area contributed by atoms with E-state index in [4.69, 9.17) is 16.3 Å². The standard InChI is InChI=1S/C24H20ClN3O4/c25-19-11-9-18(10-12-19)17-7-5-16(6-8-17)15-32-22(24(30)31)13-14-28-23(29)20-3-1-2-4-21(20)26-27-28/h1-12,22H,13-15H2,(H,30,31). The number of halogens is 1. The maximum Gasteiger partial charge on any atom is 0.332 e. The second-order valence-corrected chi connectivity index (χ2v) is 7.70. The van der Waals surface area contributed by atoms with Crippen LogP contribution in [-0.4, -0.2) is 32.2 Å². The van der Waals surface area contributed by atoms with E-state index in [2.05, 4.69) is 10.3 Å². The highest BCUT2D eigenvalue weighted by Gasteiger charge is 2.19. The molecule has 0 aliphatic heterocycles. The minimum Gasteiger partial charge on any atom is -0.479 e. The average molecular weight is 450 g/mol. The summed E-state index contributed by atoms with van der Waals surface area (Å²) >= 11 is 5.93. The summed E-state index contributed by atoms with van der Waals surface area (Å²) in [5.41, 5.74) is 3.10. The number of fused-ring (bicyclic) bond motifs is 1. The Labute approximate surface area is 188 Å². The van der Waals surface area contributed by atoms with Gasteiger partial charge in [-0.15, -0.1) is 5.10 Å². The number of hydrogen-bond donors (Lipinski definition) is 1. The van der Waals surface area contributed by atoms with Gasteiger partial charge >= 0.3 is 5.97 Å². The summed E-state index contributed by atoms with van der Waals surface area (Å²) in [7, 11) is 0. The number of aromatic nitrogens is 3. The number of rotatable bonds is 8. The first-order valence-electron chi connectivity index (χ1n) is 10.0. The van der Waals surface area contributed by atoms with E-state index in [0.717, 1.165) is 16.7 Å². The Hall–Kier alpha value is -3.55. The monoisotopic (exact) mass is 449 g/mol. The Morgan fingerprint density at radius 3 is 2.34 bits per heavy atom. The average Bonchev–Trinajstić information content (AvgIpc) is 2.81. The van der Waals surface area contributed by atoms with Crippen molar-refractivity contribution in [2.45, 2.75) is 25.7 Å². The van der Waals surface area contributed by atoms with Crippen molar-refractivity contribution in [3.05, 3.63) is 93.7 Å². The van der Waals surface area contributed by atoms with Gasteiger partial charge in [0.1, 0.15) is 5.52 Å². The highest BCUT2D eigenvalue weighted by atomic mass is 35.5.